The van der Waals surface area contributed by atoms with Gasteiger partial charge in [-0.2, -0.15) is 5.10 Å². The first kappa shape index (κ1) is 20.0. The van der Waals surface area contributed by atoms with E-state index in [4.69, 9.17) is 10.1 Å². The van der Waals surface area contributed by atoms with E-state index in [-0.39, 0.29) is 11.9 Å². The standard InChI is InChI=1S/C24H30N6O/c1-3-18-9-10-25-20(14-18)24(31)29-13-5-4-8-21(29)19-15-22-26-23(28-11-6-7-12-28)17(2)16-30(22)27-19/h9-10,14-16,21H,3-8,11-13H2,1-2H3. The van der Waals surface area contributed by atoms with Crippen LogP contribution in [0.15, 0.2) is 30.6 Å². The Bertz CT molecular complexity index is 1100. The van der Waals surface area contributed by atoms with Crippen LogP contribution in [0.5, 0.6) is 0 Å². The van der Waals surface area contributed by atoms with Crippen molar-refractivity contribution >= 4 is 17.4 Å². The summed E-state index contributed by atoms with van der Waals surface area (Å²) >= 11 is 0. The van der Waals surface area contributed by atoms with Crippen molar-refractivity contribution in [2.45, 2.75) is 58.4 Å². The zero-order valence-corrected chi connectivity index (χ0v) is 18.4. The maximum Gasteiger partial charge on any atom is 0.273 e. The normalized spacial score (nSPS) is 19.4. The van der Waals surface area contributed by atoms with Crippen molar-refractivity contribution < 1.29 is 4.79 Å². The molecule has 0 radical (unpaired) electrons. The largest absolute Gasteiger partial charge is 0.356 e. The Morgan fingerprint density at radius 2 is 1.94 bits per heavy atom. The number of rotatable bonds is 4. The van der Waals surface area contributed by atoms with E-state index in [1.54, 1.807) is 6.20 Å². The highest BCUT2D eigenvalue weighted by Gasteiger charge is 2.31. The first-order valence-corrected chi connectivity index (χ1v) is 11.5. The summed E-state index contributed by atoms with van der Waals surface area (Å²) in [5, 5.41) is 4.85. The Morgan fingerprint density at radius 3 is 2.74 bits per heavy atom. The summed E-state index contributed by atoms with van der Waals surface area (Å²) in [5.74, 6) is 1.06. The van der Waals surface area contributed by atoms with Crippen LogP contribution in [-0.2, 0) is 6.42 Å². The van der Waals surface area contributed by atoms with E-state index < -0.39 is 0 Å². The molecular formula is C24H30N6O. The van der Waals surface area contributed by atoms with E-state index in [1.165, 1.54) is 12.8 Å². The second-order valence-electron chi connectivity index (χ2n) is 8.73. The van der Waals surface area contributed by atoms with Gasteiger partial charge < -0.3 is 9.80 Å². The fourth-order valence-electron chi connectivity index (χ4n) is 4.87. The summed E-state index contributed by atoms with van der Waals surface area (Å²) in [6.07, 6.45) is 10.2. The molecule has 162 valence electrons. The molecule has 1 amide bonds. The Morgan fingerprint density at radius 1 is 1.13 bits per heavy atom. The molecule has 0 bridgehead atoms. The number of hydrogen-bond acceptors (Lipinski definition) is 5. The Labute approximate surface area is 183 Å². The molecule has 5 heterocycles. The van der Waals surface area contributed by atoms with Gasteiger partial charge in [0.05, 0.1) is 11.7 Å². The molecule has 7 heteroatoms. The van der Waals surface area contributed by atoms with E-state index in [2.05, 4.69) is 36.0 Å². The molecule has 2 aliphatic heterocycles. The van der Waals surface area contributed by atoms with Crippen molar-refractivity contribution in [1.82, 2.24) is 24.5 Å². The predicted molar refractivity (Wildman–Crippen MR) is 120 cm³/mol. The van der Waals surface area contributed by atoms with Crippen molar-refractivity contribution in [3.8, 4) is 0 Å². The highest BCUT2D eigenvalue weighted by Crippen LogP contribution is 2.32. The monoisotopic (exact) mass is 418 g/mol. The second kappa shape index (κ2) is 8.29. The number of anilines is 1. The number of carbonyl (C=O) groups excluding carboxylic acids is 1. The van der Waals surface area contributed by atoms with Crippen LogP contribution in [-0.4, -0.2) is 50.0 Å². The van der Waals surface area contributed by atoms with Crippen LogP contribution in [0.25, 0.3) is 5.65 Å². The molecular weight excluding hydrogens is 388 g/mol. The zero-order chi connectivity index (χ0) is 21.4. The van der Waals surface area contributed by atoms with Crippen molar-refractivity contribution in [3.05, 3.63) is 53.1 Å². The van der Waals surface area contributed by atoms with Gasteiger partial charge >= 0.3 is 0 Å². The first-order valence-electron chi connectivity index (χ1n) is 11.5. The third-order valence-electron chi connectivity index (χ3n) is 6.59. The Hall–Kier alpha value is -2.96. The zero-order valence-electron chi connectivity index (χ0n) is 18.4. The van der Waals surface area contributed by atoms with Crippen LogP contribution in [0, 0.1) is 6.92 Å². The quantitative estimate of drug-likeness (QED) is 0.642. The van der Waals surface area contributed by atoms with E-state index in [0.29, 0.717) is 5.69 Å². The lowest BCUT2D eigenvalue weighted by Gasteiger charge is -2.34. The molecule has 3 aromatic heterocycles. The van der Waals surface area contributed by atoms with Crippen LogP contribution in [0.4, 0.5) is 5.82 Å². The number of nitrogens with zero attached hydrogens (tertiary/aromatic N) is 6. The van der Waals surface area contributed by atoms with Gasteiger partial charge in [-0.3, -0.25) is 9.78 Å². The molecule has 2 saturated heterocycles. The molecule has 5 rings (SSSR count). The molecule has 31 heavy (non-hydrogen) atoms. The molecule has 2 fully saturated rings. The topological polar surface area (TPSA) is 66.6 Å². The summed E-state index contributed by atoms with van der Waals surface area (Å²) in [4.78, 5) is 27.0. The number of hydrogen-bond donors (Lipinski definition) is 0. The number of aromatic nitrogens is 4. The summed E-state index contributed by atoms with van der Waals surface area (Å²) in [5.41, 5.74) is 4.58. The molecule has 1 unspecified atom stereocenters. The number of amides is 1. The first-order chi connectivity index (χ1) is 15.1. The van der Waals surface area contributed by atoms with Gasteiger partial charge in [0.15, 0.2) is 5.65 Å². The summed E-state index contributed by atoms with van der Waals surface area (Å²) in [7, 11) is 0. The van der Waals surface area contributed by atoms with Gasteiger partial charge in [0.25, 0.3) is 5.91 Å². The molecule has 1 atom stereocenters. The lowest BCUT2D eigenvalue weighted by molar-refractivity contribution is 0.0599. The van der Waals surface area contributed by atoms with Crippen LogP contribution in [0.3, 0.4) is 0 Å². The van der Waals surface area contributed by atoms with E-state index in [0.717, 1.165) is 73.6 Å². The maximum atomic E-state index is 13.4. The van der Waals surface area contributed by atoms with Crippen LogP contribution in [0.2, 0.25) is 0 Å². The van der Waals surface area contributed by atoms with Gasteiger partial charge in [0.2, 0.25) is 0 Å². The lowest BCUT2D eigenvalue weighted by Crippen LogP contribution is -2.39. The molecule has 2 aliphatic rings. The smallest absolute Gasteiger partial charge is 0.273 e. The molecule has 0 aromatic carbocycles. The molecule has 0 spiro atoms. The van der Waals surface area contributed by atoms with Gasteiger partial charge in [-0.1, -0.05) is 6.92 Å². The Kier molecular flexibility index (Phi) is 5.34. The summed E-state index contributed by atoms with van der Waals surface area (Å²) < 4.78 is 1.87. The average Bonchev–Trinajstić information content (AvgIpc) is 3.48. The van der Waals surface area contributed by atoms with Gasteiger partial charge in [0.1, 0.15) is 11.5 Å². The molecule has 0 aliphatic carbocycles. The highest BCUT2D eigenvalue weighted by molar-refractivity contribution is 5.92. The molecule has 7 nitrogen and oxygen atoms in total. The minimum atomic E-state index is -0.0365. The number of pyridine rings is 1. The molecule has 0 N–H and O–H groups in total. The van der Waals surface area contributed by atoms with Crippen molar-refractivity contribution in [3.63, 3.8) is 0 Å². The number of fused-ring (bicyclic) bond motifs is 1. The highest BCUT2D eigenvalue weighted by atomic mass is 16.2. The average molecular weight is 419 g/mol. The minimum absolute atomic E-state index is 0.000971. The molecule has 3 aromatic rings. The SMILES string of the molecule is CCc1ccnc(C(=O)N2CCCCC2c2cc3nc(N4CCCC4)c(C)cn3n2)c1. The summed E-state index contributed by atoms with van der Waals surface area (Å²) in [6.45, 7) is 7.07. The molecule has 0 saturated carbocycles. The van der Waals surface area contributed by atoms with Gasteiger partial charge in [-0.25, -0.2) is 9.50 Å². The Balaban J connectivity index is 1.47. The van der Waals surface area contributed by atoms with Gasteiger partial charge in [0, 0.05) is 43.7 Å². The number of piperidine rings is 1. The lowest BCUT2D eigenvalue weighted by atomic mass is 9.98. The van der Waals surface area contributed by atoms with Crippen LogP contribution >= 0.6 is 0 Å². The minimum Gasteiger partial charge on any atom is -0.356 e. The van der Waals surface area contributed by atoms with E-state index >= 15 is 0 Å². The van der Waals surface area contributed by atoms with Gasteiger partial charge in [-0.15, -0.1) is 0 Å². The van der Waals surface area contributed by atoms with Gasteiger partial charge in [-0.05, 0) is 63.1 Å². The number of aryl methyl sites for hydroxylation is 2. The van der Waals surface area contributed by atoms with E-state index in [9.17, 15) is 4.79 Å². The number of likely N-dealkylation sites (tertiary alicyclic amines) is 1. The van der Waals surface area contributed by atoms with Crippen molar-refractivity contribution in [1.29, 1.82) is 0 Å². The fourth-order valence-corrected chi connectivity index (χ4v) is 4.87. The predicted octanol–water partition coefficient (Wildman–Crippen LogP) is 3.96. The second-order valence-corrected chi connectivity index (χ2v) is 8.73. The third kappa shape index (κ3) is 3.77. The van der Waals surface area contributed by atoms with E-state index in [1.807, 2.05) is 21.5 Å². The summed E-state index contributed by atoms with van der Waals surface area (Å²) in [6, 6.07) is 5.92. The van der Waals surface area contributed by atoms with Crippen LogP contribution < -0.4 is 4.90 Å². The van der Waals surface area contributed by atoms with Crippen molar-refractivity contribution in [2.24, 2.45) is 0 Å². The maximum absolute atomic E-state index is 13.4. The van der Waals surface area contributed by atoms with Crippen LogP contribution in [0.1, 0.15) is 72.4 Å². The number of carbonyl (C=O) groups is 1. The van der Waals surface area contributed by atoms with Crippen molar-refractivity contribution in [2.75, 3.05) is 24.5 Å². The third-order valence-corrected chi connectivity index (χ3v) is 6.59. The fraction of sp³-hybridized carbons (Fsp3) is 0.500.